The van der Waals surface area contributed by atoms with E-state index in [1.165, 1.54) is 4.88 Å². The molecule has 0 radical (unpaired) electrons. The second-order valence-corrected chi connectivity index (χ2v) is 8.00. The van der Waals surface area contributed by atoms with Crippen molar-refractivity contribution in [1.82, 2.24) is 5.32 Å². The molecule has 21 heavy (non-hydrogen) atoms. The van der Waals surface area contributed by atoms with E-state index in [0.717, 1.165) is 37.6 Å². The molecule has 0 fully saturated rings. The van der Waals surface area contributed by atoms with Gasteiger partial charge < -0.3 is 10.1 Å². The van der Waals surface area contributed by atoms with Crippen LogP contribution in [0.15, 0.2) is 33.2 Å². The second-order valence-electron chi connectivity index (χ2n) is 4.54. The zero-order valence-corrected chi connectivity index (χ0v) is 16.5. The first-order valence-corrected chi connectivity index (χ1v) is 9.36. The molecule has 2 rings (SSSR count). The van der Waals surface area contributed by atoms with E-state index in [9.17, 15) is 0 Å². The first kappa shape index (κ1) is 17.3. The van der Waals surface area contributed by atoms with Gasteiger partial charge in [-0.05, 0) is 47.1 Å². The van der Waals surface area contributed by atoms with E-state index in [2.05, 4.69) is 56.2 Å². The number of hydrogen-bond acceptors (Lipinski definition) is 3. The maximum atomic E-state index is 6.20. The summed E-state index contributed by atoms with van der Waals surface area (Å²) in [6.07, 6.45) is 1.07. The van der Waals surface area contributed by atoms with Crippen molar-refractivity contribution in [2.75, 3.05) is 13.7 Å². The Kier molecular flexibility index (Phi) is 6.56. The van der Waals surface area contributed by atoms with Crippen LogP contribution in [0.5, 0.6) is 5.75 Å². The first-order chi connectivity index (χ1) is 10.1. The Hall–Kier alpha value is -0.0700. The predicted molar refractivity (Wildman–Crippen MR) is 97.9 cm³/mol. The smallest absolute Gasteiger partial charge is 0.125 e. The minimum absolute atomic E-state index is 0.0711. The lowest BCUT2D eigenvalue weighted by molar-refractivity contribution is 0.404. The number of halogens is 3. The molecule has 0 saturated carbocycles. The monoisotopic (exact) mass is 451 g/mol. The summed E-state index contributed by atoms with van der Waals surface area (Å²) < 4.78 is 8.24. The van der Waals surface area contributed by atoms with Crippen LogP contribution in [-0.4, -0.2) is 13.7 Å². The zero-order chi connectivity index (χ0) is 15.4. The highest BCUT2D eigenvalue weighted by molar-refractivity contribution is 9.10. The van der Waals surface area contributed by atoms with Crippen molar-refractivity contribution in [3.63, 3.8) is 0 Å². The van der Waals surface area contributed by atoms with Gasteiger partial charge in [0.15, 0.2) is 0 Å². The van der Waals surface area contributed by atoms with E-state index < -0.39 is 0 Å². The van der Waals surface area contributed by atoms with Gasteiger partial charge in [-0.1, -0.05) is 40.5 Å². The second kappa shape index (κ2) is 7.97. The summed E-state index contributed by atoms with van der Waals surface area (Å²) in [4.78, 5) is 1.17. The summed E-state index contributed by atoms with van der Waals surface area (Å²) in [6, 6.07) is 8.24. The number of rotatable bonds is 6. The SMILES string of the molecule is CCCNC(c1cc(Br)c(Cl)s1)c1ccc(Br)cc1OC. The molecule has 1 aromatic heterocycles. The van der Waals surface area contributed by atoms with E-state index in [1.807, 2.05) is 12.1 Å². The lowest BCUT2D eigenvalue weighted by Crippen LogP contribution is -2.22. The van der Waals surface area contributed by atoms with E-state index in [0.29, 0.717) is 0 Å². The molecule has 2 nitrogen and oxygen atoms in total. The Bertz CT molecular complexity index is 598. The summed E-state index contributed by atoms with van der Waals surface area (Å²) in [6.45, 7) is 3.08. The third-order valence-electron chi connectivity index (χ3n) is 3.05. The van der Waals surface area contributed by atoms with Crippen LogP contribution in [0.25, 0.3) is 0 Å². The lowest BCUT2D eigenvalue weighted by Gasteiger charge is -2.20. The molecular formula is C15H16Br2ClNOS. The van der Waals surface area contributed by atoms with Crippen molar-refractivity contribution in [3.05, 3.63) is 48.0 Å². The van der Waals surface area contributed by atoms with Crippen molar-refractivity contribution >= 4 is 54.8 Å². The fourth-order valence-electron chi connectivity index (χ4n) is 2.08. The fraction of sp³-hybridized carbons (Fsp3) is 0.333. The molecule has 0 amide bonds. The number of ether oxygens (including phenoxy) is 1. The number of thiophene rings is 1. The summed E-state index contributed by atoms with van der Waals surface area (Å²) >= 11 is 14.7. The summed E-state index contributed by atoms with van der Waals surface area (Å²) in [5.41, 5.74) is 1.11. The Balaban J connectivity index is 2.44. The largest absolute Gasteiger partial charge is 0.496 e. The van der Waals surface area contributed by atoms with E-state index in [4.69, 9.17) is 16.3 Å². The molecular weight excluding hydrogens is 437 g/mol. The van der Waals surface area contributed by atoms with Crippen molar-refractivity contribution in [2.45, 2.75) is 19.4 Å². The Morgan fingerprint density at radius 2 is 2.10 bits per heavy atom. The van der Waals surface area contributed by atoms with Gasteiger partial charge in [-0.2, -0.15) is 0 Å². The molecule has 2 aromatic rings. The molecule has 1 atom stereocenters. The molecule has 0 bridgehead atoms. The molecule has 0 saturated heterocycles. The Morgan fingerprint density at radius 1 is 1.33 bits per heavy atom. The van der Waals surface area contributed by atoms with Gasteiger partial charge in [-0.25, -0.2) is 0 Å². The van der Waals surface area contributed by atoms with Gasteiger partial charge in [0.2, 0.25) is 0 Å². The minimum atomic E-state index is 0.0711. The quantitative estimate of drug-likeness (QED) is 0.577. The number of nitrogens with one attached hydrogen (secondary N) is 1. The van der Waals surface area contributed by atoms with Gasteiger partial charge in [0.1, 0.15) is 10.1 Å². The van der Waals surface area contributed by atoms with Gasteiger partial charge in [0.25, 0.3) is 0 Å². The summed E-state index contributed by atoms with van der Waals surface area (Å²) in [7, 11) is 1.69. The number of benzene rings is 1. The number of hydrogen-bond donors (Lipinski definition) is 1. The lowest BCUT2D eigenvalue weighted by atomic mass is 10.0. The topological polar surface area (TPSA) is 21.3 Å². The first-order valence-electron chi connectivity index (χ1n) is 6.58. The molecule has 0 aliphatic heterocycles. The molecule has 1 aromatic carbocycles. The fourth-order valence-corrected chi connectivity index (χ4v) is 4.25. The van der Waals surface area contributed by atoms with E-state index in [-0.39, 0.29) is 6.04 Å². The van der Waals surface area contributed by atoms with Crippen molar-refractivity contribution < 1.29 is 4.74 Å². The van der Waals surface area contributed by atoms with Crippen molar-refractivity contribution in [3.8, 4) is 5.75 Å². The van der Waals surface area contributed by atoms with Crippen molar-refractivity contribution in [2.24, 2.45) is 0 Å². The minimum Gasteiger partial charge on any atom is -0.496 e. The van der Waals surface area contributed by atoms with Crippen molar-refractivity contribution in [1.29, 1.82) is 0 Å². The molecule has 6 heteroatoms. The summed E-state index contributed by atoms with van der Waals surface area (Å²) in [5.74, 6) is 0.860. The highest BCUT2D eigenvalue weighted by Gasteiger charge is 2.21. The molecule has 0 aliphatic carbocycles. The maximum Gasteiger partial charge on any atom is 0.125 e. The van der Waals surface area contributed by atoms with Gasteiger partial charge in [-0.3, -0.25) is 0 Å². The predicted octanol–water partition coefficient (Wildman–Crippen LogP) is 6.02. The van der Waals surface area contributed by atoms with Crippen LogP contribution in [0.3, 0.4) is 0 Å². The highest BCUT2D eigenvalue weighted by atomic mass is 79.9. The Morgan fingerprint density at radius 3 is 2.67 bits per heavy atom. The zero-order valence-electron chi connectivity index (χ0n) is 11.8. The number of methoxy groups -OCH3 is 1. The summed E-state index contributed by atoms with van der Waals surface area (Å²) in [5, 5.41) is 3.57. The molecule has 0 spiro atoms. The molecule has 0 aliphatic rings. The average molecular weight is 454 g/mol. The van der Waals surface area contributed by atoms with Crippen LogP contribution in [0.1, 0.15) is 29.8 Å². The maximum absolute atomic E-state index is 6.20. The van der Waals surface area contributed by atoms with Crippen LogP contribution in [0, 0.1) is 0 Å². The van der Waals surface area contributed by atoms with E-state index in [1.54, 1.807) is 18.4 Å². The molecule has 1 N–H and O–H groups in total. The van der Waals surface area contributed by atoms with Gasteiger partial charge in [-0.15, -0.1) is 11.3 Å². The molecule has 114 valence electrons. The van der Waals surface area contributed by atoms with Gasteiger partial charge in [0, 0.05) is 19.4 Å². The molecule has 1 unspecified atom stereocenters. The average Bonchev–Trinajstić information content (AvgIpc) is 2.80. The molecule has 1 heterocycles. The normalized spacial score (nSPS) is 12.4. The van der Waals surface area contributed by atoms with Crippen LogP contribution in [-0.2, 0) is 0 Å². The Labute approximate surface area is 151 Å². The third-order valence-corrected chi connectivity index (χ3v) is 6.09. The third kappa shape index (κ3) is 4.23. The standard InChI is InChI=1S/C15H16Br2ClNOS/c1-3-6-19-14(13-8-11(17)15(18)21-13)10-5-4-9(16)7-12(10)20-2/h4-5,7-8,14,19H,3,6H2,1-2H3. The van der Waals surface area contributed by atoms with E-state index >= 15 is 0 Å². The van der Waals surface area contributed by atoms with Crippen LogP contribution in [0.4, 0.5) is 0 Å². The van der Waals surface area contributed by atoms with Crippen LogP contribution >= 0.6 is 54.8 Å². The van der Waals surface area contributed by atoms with Gasteiger partial charge in [0.05, 0.1) is 13.2 Å². The van der Waals surface area contributed by atoms with Crippen LogP contribution in [0.2, 0.25) is 4.34 Å². The van der Waals surface area contributed by atoms with Gasteiger partial charge >= 0.3 is 0 Å². The van der Waals surface area contributed by atoms with Crippen LogP contribution < -0.4 is 10.1 Å². The highest BCUT2D eigenvalue weighted by Crippen LogP contribution is 2.40.